The topological polar surface area (TPSA) is 87.7 Å². The molecule has 2 N–H and O–H groups in total. The number of hydrogen-bond acceptors (Lipinski definition) is 4. The number of carboxylic acids is 1. The molecule has 0 atom stereocenters. The van der Waals surface area contributed by atoms with E-state index in [9.17, 15) is 19.8 Å². The molecule has 1 aliphatic carbocycles. The molecule has 5 nitrogen and oxygen atoms in total. The fourth-order valence-electron chi connectivity index (χ4n) is 3.73. The highest BCUT2D eigenvalue weighted by Gasteiger charge is 2.22. The molecular formula is C24H20O5. The zero-order valence-electron chi connectivity index (χ0n) is 16.1. The molecule has 1 heterocycles. The first-order valence-corrected chi connectivity index (χ1v) is 9.39. The summed E-state index contributed by atoms with van der Waals surface area (Å²) in [5.74, 6) is -0.247. The summed E-state index contributed by atoms with van der Waals surface area (Å²) in [4.78, 5) is 23.9. The summed E-state index contributed by atoms with van der Waals surface area (Å²) in [6, 6.07) is 14.5. The second kappa shape index (κ2) is 7.09. The molecule has 0 saturated carbocycles. The molecule has 1 aliphatic heterocycles. The molecule has 5 heteroatoms. The third-order valence-electron chi connectivity index (χ3n) is 4.90. The van der Waals surface area contributed by atoms with Crippen molar-refractivity contribution in [1.29, 1.82) is 0 Å². The van der Waals surface area contributed by atoms with Crippen molar-refractivity contribution in [2.45, 2.75) is 20.3 Å². The molecule has 2 aliphatic rings. The van der Waals surface area contributed by atoms with Gasteiger partial charge in [0.2, 0.25) is 0 Å². The van der Waals surface area contributed by atoms with Gasteiger partial charge in [0.1, 0.15) is 17.1 Å². The van der Waals surface area contributed by atoms with E-state index in [2.05, 4.69) is 13.8 Å². The van der Waals surface area contributed by atoms with Crippen LogP contribution in [0.3, 0.4) is 0 Å². The Labute approximate surface area is 167 Å². The fourth-order valence-corrected chi connectivity index (χ4v) is 3.73. The van der Waals surface area contributed by atoms with E-state index >= 15 is 0 Å². The first kappa shape index (κ1) is 18.7. The highest BCUT2D eigenvalue weighted by atomic mass is 16.4. The van der Waals surface area contributed by atoms with Gasteiger partial charge < -0.3 is 14.6 Å². The van der Waals surface area contributed by atoms with Gasteiger partial charge in [-0.25, -0.2) is 4.79 Å². The number of carbonyl (C=O) groups is 1. The van der Waals surface area contributed by atoms with Crippen LogP contribution in [0.5, 0.6) is 5.75 Å². The first-order chi connectivity index (χ1) is 13.8. The molecule has 2 aromatic carbocycles. The lowest BCUT2D eigenvalue weighted by molar-refractivity contribution is 0.0697. The van der Waals surface area contributed by atoms with Crippen LogP contribution in [-0.4, -0.2) is 16.2 Å². The normalized spacial score (nSPS) is 11.4. The molecule has 0 fully saturated rings. The maximum absolute atomic E-state index is 12.0. The molecule has 0 aromatic heterocycles. The van der Waals surface area contributed by atoms with Crippen LogP contribution in [0, 0.1) is 5.92 Å². The van der Waals surface area contributed by atoms with Crippen LogP contribution in [0.4, 0.5) is 0 Å². The largest absolute Gasteiger partial charge is 0.508 e. The van der Waals surface area contributed by atoms with E-state index < -0.39 is 5.97 Å². The third kappa shape index (κ3) is 3.47. The minimum Gasteiger partial charge on any atom is -0.508 e. The predicted octanol–water partition coefficient (Wildman–Crippen LogP) is 5.17. The first-order valence-electron chi connectivity index (χ1n) is 9.39. The van der Waals surface area contributed by atoms with Crippen LogP contribution in [0.15, 0.2) is 63.8 Å². The second-order valence-corrected chi connectivity index (χ2v) is 7.60. The van der Waals surface area contributed by atoms with Crippen molar-refractivity contribution in [1.82, 2.24) is 0 Å². The molecule has 0 amide bonds. The summed E-state index contributed by atoms with van der Waals surface area (Å²) < 4.78 is 5.86. The third-order valence-corrected chi connectivity index (χ3v) is 4.90. The molecule has 0 radical (unpaired) electrons. The molecule has 2 aromatic rings. The number of rotatable bonds is 4. The van der Waals surface area contributed by atoms with Gasteiger partial charge in [-0.2, -0.15) is 0 Å². The maximum Gasteiger partial charge on any atom is 0.336 e. The van der Waals surface area contributed by atoms with Crippen molar-refractivity contribution in [3.05, 3.63) is 75.9 Å². The van der Waals surface area contributed by atoms with Crippen LogP contribution >= 0.6 is 0 Å². The number of aromatic carboxylic acids is 1. The molecule has 0 saturated heterocycles. The van der Waals surface area contributed by atoms with Crippen molar-refractivity contribution in [2.24, 2.45) is 5.92 Å². The summed E-state index contributed by atoms with van der Waals surface area (Å²) >= 11 is 0. The van der Waals surface area contributed by atoms with Gasteiger partial charge in [0.25, 0.3) is 0 Å². The maximum atomic E-state index is 12.0. The van der Waals surface area contributed by atoms with Gasteiger partial charge in [-0.3, -0.25) is 4.79 Å². The SMILES string of the molecule is CC(C)Cc1ccc(C(=O)O)c(-c2c3ccc(=O)cc-3oc3cc(O)ccc23)c1. The Bertz CT molecular complexity index is 1270. The van der Waals surface area contributed by atoms with Crippen molar-refractivity contribution in [2.75, 3.05) is 0 Å². The molecule has 29 heavy (non-hydrogen) atoms. The molecule has 0 spiro atoms. The lowest BCUT2D eigenvalue weighted by Crippen LogP contribution is -2.05. The Morgan fingerprint density at radius 1 is 1.00 bits per heavy atom. The van der Waals surface area contributed by atoms with Crippen LogP contribution < -0.4 is 5.43 Å². The van der Waals surface area contributed by atoms with Crippen molar-refractivity contribution >= 4 is 16.9 Å². The highest BCUT2D eigenvalue weighted by molar-refractivity contribution is 6.07. The monoisotopic (exact) mass is 388 g/mol. The van der Waals surface area contributed by atoms with Crippen molar-refractivity contribution in [3.63, 3.8) is 0 Å². The molecule has 0 bridgehead atoms. The number of hydrogen-bond donors (Lipinski definition) is 2. The van der Waals surface area contributed by atoms with Crippen LogP contribution in [-0.2, 0) is 6.42 Å². The summed E-state index contributed by atoms with van der Waals surface area (Å²) in [7, 11) is 0. The summed E-state index contributed by atoms with van der Waals surface area (Å²) in [5.41, 5.74) is 3.25. The average Bonchev–Trinajstić information content (AvgIpc) is 2.65. The number of carboxylic acid groups (broad SMARTS) is 1. The number of benzene rings is 3. The van der Waals surface area contributed by atoms with Gasteiger partial charge >= 0.3 is 5.97 Å². The molecule has 0 unspecified atom stereocenters. The summed E-state index contributed by atoms with van der Waals surface area (Å²) in [6.07, 6.45) is 0.811. The van der Waals surface area contributed by atoms with Crippen molar-refractivity contribution in [3.8, 4) is 28.2 Å². The second-order valence-electron chi connectivity index (χ2n) is 7.60. The van der Waals surface area contributed by atoms with Gasteiger partial charge in [-0.05, 0) is 53.8 Å². The Hall–Kier alpha value is -3.60. The van der Waals surface area contributed by atoms with E-state index in [1.165, 1.54) is 24.3 Å². The Morgan fingerprint density at radius 3 is 2.52 bits per heavy atom. The van der Waals surface area contributed by atoms with E-state index in [1.54, 1.807) is 18.2 Å². The van der Waals surface area contributed by atoms with Crippen molar-refractivity contribution < 1.29 is 19.4 Å². The van der Waals surface area contributed by atoms with E-state index in [-0.39, 0.29) is 16.7 Å². The minimum absolute atomic E-state index is 0.0249. The zero-order chi connectivity index (χ0) is 20.7. The highest BCUT2D eigenvalue weighted by Crippen LogP contribution is 2.42. The van der Waals surface area contributed by atoms with Gasteiger partial charge in [0.05, 0.1) is 5.56 Å². The molecular weight excluding hydrogens is 368 g/mol. The summed E-state index contributed by atoms with van der Waals surface area (Å²) in [6.45, 7) is 4.21. The van der Waals surface area contributed by atoms with Gasteiger partial charge in [-0.15, -0.1) is 0 Å². The minimum atomic E-state index is -1.03. The Kier molecular flexibility index (Phi) is 4.59. The smallest absolute Gasteiger partial charge is 0.336 e. The number of phenols is 1. The van der Waals surface area contributed by atoms with E-state index in [0.717, 1.165) is 12.0 Å². The quantitative estimate of drug-likeness (QED) is 0.471. The Morgan fingerprint density at radius 2 is 1.79 bits per heavy atom. The van der Waals surface area contributed by atoms with E-state index in [0.29, 0.717) is 39.3 Å². The standard InChI is InChI=1S/C24H20O5/c1-13(2)9-14-3-6-17(24(27)28)20(10-14)23-18-7-4-15(25)11-21(18)29-22-12-16(26)5-8-19(22)23/h3-8,10-13,25H,9H2,1-2H3,(H,27,28). The number of phenolic OH excluding ortho intramolecular Hbond substituents is 1. The van der Waals surface area contributed by atoms with Gasteiger partial charge in [0, 0.05) is 28.6 Å². The van der Waals surface area contributed by atoms with Gasteiger partial charge in [-0.1, -0.05) is 26.0 Å². The van der Waals surface area contributed by atoms with Crippen LogP contribution in [0.1, 0.15) is 29.8 Å². The molecule has 4 rings (SSSR count). The number of aromatic hydroxyl groups is 1. The molecule has 146 valence electrons. The van der Waals surface area contributed by atoms with Gasteiger partial charge in [0.15, 0.2) is 5.43 Å². The summed E-state index contributed by atoms with van der Waals surface area (Å²) in [5, 5.41) is 20.4. The fraction of sp³-hybridized carbons (Fsp3) is 0.167. The van der Waals surface area contributed by atoms with E-state index in [1.807, 2.05) is 12.1 Å². The van der Waals surface area contributed by atoms with E-state index in [4.69, 9.17) is 4.42 Å². The lowest BCUT2D eigenvalue weighted by Gasteiger charge is -2.18. The van der Waals surface area contributed by atoms with Crippen LogP contribution in [0.25, 0.3) is 33.4 Å². The number of fused-ring (bicyclic) bond motifs is 2. The Balaban J connectivity index is 2.14. The lowest BCUT2D eigenvalue weighted by atomic mass is 9.88. The van der Waals surface area contributed by atoms with Crippen LogP contribution in [0.2, 0.25) is 0 Å². The average molecular weight is 388 g/mol. The predicted molar refractivity (Wildman–Crippen MR) is 112 cm³/mol. The zero-order valence-corrected chi connectivity index (χ0v) is 16.1.